The summed E-state index contributed by atoms with van der Waals surface area (Å²) in [5, 5.41) is 0. The first-order valence-electron chi connectivity index (χ1n) is 5.53. The number of hydrogen-bond acceptors (Lipinski definition) is 3. The Bertz CT molecular complexity index is 714. The zero-order valence-electron chi connectivity index (χ0n) is 10.2. The van der Waals surface area contributed by atoms with Crippen LogP contribution in [0.15, 0.2) is 47.4 Å². The van der Waals surface area contributed by atoms with Gasteiger partial charge in [0.2, 0.25) is 0 Å². The molecule has 19 heavy (non-hydrogen) atoms. The van der Waals surface area contributed by atoms with E-state index in [2.05, 4.69) is 27.3 Å². The first kappa shape index (κ1) is 14.1. The Morgan fingerprint density at radius 3 is 2.53 bits per heavy atom. The van der Waals surface area contributed by atoms with E-state index in [1.165, 1.54) is 0 Å². The summed E-state index contributed by atoms with van der Waals surface area (Å²) in [4.78, 5) is 0.200. The highest BCUT2D eigenvalue weighted by Crippen LogP contribution is 2.23. The molecule has 4 nitrogen and oxygen atoms in total. The van der Waals surface area contributed by atoms with Crippen molar-refractivity contribution in [2.45, 2.75) is 11.8 Å². The Hall–Kier alpha value is -1.28. The average Bonchev–Trinajstić information content (AvgIpc) is 2.32. The fourth-order valence-electron chi connectivity index (χ4n) is 1.68. The van der Waals surface area contributed by atoms with Crippen molar-refractivity contribution in [3.8, 4) is 0 Å². The summed E-state index contributed by atoms with van der Waals surface area (Å²) < 4.78 is 28.1. The second-order valence-electron chi connectivity index (χ2n) is 4.09. The van der Waals surface area contributed by atoms with Gasteiger partial charge in [0.25, 0.3) is 10.0 Å². The molecule has 0 radical (unpaired) electrons. The standard InChI is InChI=1S/C13H13IN2O2S/c1-9-12(15)6-3-7-13(9)19(17,18)16-11-5-2-4-10(14)8-11/h2-8,16H,15H2,1H3. The van der Waals surface area contributed by atoms with Crippen molar-refractivity contribution in [1.82, 2.24) is 0 Å². The van der Waals surface area contributed by atoms with Gasteiger partial charge in [-0.15, -0.1) is 0 Å². The van der Waals surface area contributed by atoms with Gasteiger partial charge in [-0.05, 0) is 65.4 Å². The maximum atomic E-state index is 12.3. The lowest BCUT2D eigenvalue weighted by atomic mass is 10.2. The Kier molecular flexibility index (Phi) is 4.00. The van der Waals surface area contributed by atoms with Gasteiger partial charge in [-0.25, -0.2) is 8.42 Å². The highest BCUT2D eigenvalue weighted by molar-refractivity contribution is 14.1. The maximum Gasteiger partial charge on any atom is 0.262 e. The molecule has 0 amide bonds. The first-order chi connectivity index (χ1) is 8.90. The summed E-state index contributed by atoms with van der Waals surface area (Å²) >= 11 is 2.13. The molecule has 0 saturated carbocycles. The fraction of sp³-hybridized carbons (Fsp3) is 0.0769. The largest absolute Gasteiger partial charge is 0.398 e. The van der Waals surface area contributed by atoms with Crippen LogP contribution in [0.3, 0.4) is 0 Å². The molecule has 0 aliphatic heterocycles. The number of halogens is 1. The Morgan fingerprint density at radius 1 is 1.16 bits per heavy atom. The van der Waals surface area contributed by atoms with E-state index in [1.807, 2.05) is 6.07 Å². The molecule has 2 rings (SSSR count). The summed E-state index contributed by atoms with van der Waals surface area (Å²) in [6, 6.07) is 12.0. The van der Waals surface area contributed by atoms with E-state index in [0.29, 0.717) is 16.9 Å². The third-order valence-electron chi connectivity index (χ3n) is 2.69. The minimum atomic E-state index is -3.62. The molecule has 0 aliphatic rings. The van der Waals surface area contributed by atoms with Crippen LogP contribution in [0, 0.1) is 10.5 Å². The predicted octanol–water partition coefficient (Wildman–Crippen LogP) is 2.98. The summed E-state index contributed by atoms with van der Waals surface area (Å²) in [5.41, 5.74) is 7.30. The van der Waals surface area contributed by atoms with Crippen molar-refractivity contribution in [2.75, 3.05) is 10.5 Å². The van der Waals surface area contributed by atoms with Crippen LogP contribution in [0.5, 0.6) is 0 Å². The van der Waals surface area contributed by atoms with Gasteiger partial charge in [-0.1, -0.05) is 12.1 Å². The van der Waals surface area contributed by atoms with Crippen molar-refractivity contribution >= 4 is 44.0 Å². The van der Waals surface area contributed by atoms with Crippen LogP contribution < -0.4 is 10.5 Å². The van der Waals surface area contributed by atoms with E-state index in [9.17, 15) is 8.42 Å². The molecular weight excluding hydrogens is 375 g/mol. The average molecular weight is 388 g/mol. The molecule has 0 aromatic heterocycles. The molecule has 0 unspecified atom stereocenters. The smallest absolute Gasteiger partial charge is 0.262 e. The molecule has 0 aliphatic carbocycles. The van der Waals surface area contributed by atoms with Gasteiger partial charge < -0.3 is 5.73 Å². The SMILES string of the molecule is Cc1c(N)cccc1S(=O)(=O)Nc1cccc(I)c1. The lowest BCUT2D eigenvalue weighted by Gasteiger charge is -2.11. The molecule has 100 valence electrons. The first-order valence-corrected chi connectivity index (χ1v) is 8.10. The van der Waals surface area contributed by atoms with Crippen LogP contribution in [-0.2, 0) is 10.0 Å². The molecule has 0 bridgehead atoms. The van der Waals surface area contributed by atoms with E-state index in [-0.39, 0.29) is 4.90 Å². The molecule has 2 aromatic rings. The number of anilines is 2. The molecule has 0 spiro atoms. The summed E-state index contributed by atoms with van der Waals surface area (Å²) in [6.07, 6.45) is 0. The van der Waals surface area contributed by atoms with E-state index in [0.717, 1.165) is 3.57 Å². The molecule has 0 fully saturated rings. The van der Waals surface area contributed by atoms with E-state index < -0.39 is 10.0 Å². The summed E-state index contributed by atoms with van der Waals surface area (Å²) in [6.45, 7) is 1.69. The minimum Gasteiger partial charge on any atom is -0.398 e. The lowest BCUT2D eigenvalue weighted by molar-refractivity contribution is 0.600. The van der Waals surface area contributed by atoms with Crippen LogP contribution in [0.2, 0.25) is 0 Å². The normalized spacial score (nSPS) is 11.3. The molecule has 0 saturated heterocycles. The molecule has 6 heteroatoms. The van der Waals surface area contributed by atoms with Crippen molar-refractivity contribution < 1.29 is 8.42 Å². The number of benzene rings is 2. The highest BCUT2D eigenvalue weighted by atomic mass is 127. The van der Waals surface area contributed by atoms with E-state index in [1.54, 1.807) is 43.3 Å². The maximum absolute atomic E-state index is 12.3. The van der Waals surface area contributed by atoms with Crippen LogP contribution in [-0.4, -0.2) is 8.42 Å². The monoisotopic (exact) mass is 388 g/mol. The van der Waals surface area contributed by atoms with Crippen LogP contribution >= 0.6 is 22.6 Å². The molecule has 0 atom stereocenters. The van der Waals surface area contributed by atoms with E-state index in [4.69, 9.17) is 5.73 Å². The quantitative estimate of drug-likeness (QED) is 0.627. The van der Waals surface area contributed by atoms with Crippen LogP contribution in [0.4, 0.5) is 11.4 Å². The number of rotatable bonds is 3. The summed E-state index contributed by atoms with van der Waals surface area (Å²) in [5.74, 6) is 0. The lowest BCUT2D eigenvalue weighted by Crippen LogP contribution is -2.15. The number of nitrogens with one attached hydrogen (secondary N) is 1. The van der Waals surface area contributed by atoms with Crippen molar-refractivity contribution in [2.24, 2.45) is 0 Å². The topological polar surface area (TPSA) is 72.2 Å². The number of nitrogen functional groups attached to an aromatic ring is 1. The molecular formula is C13H13IN2O2S. The van der Waals surface area contributed by atoms with Crippen molar-refractivity contribution in [3.63, 3.8) is 0 Å². The summed E-state index contributed by atoms with van der Waals surface area (Å²) in [7, 11) is -3.62. The van der Waals surface area contributed by atoms with Gasteiger partial charge in [-0.3, -0.25) is 4.72 Å². The highest BCUT2D eigenvalue weighted by Gasteiger charge is 2.17. The molecule has 3 N–H and O–H groups in total. The van der Waals surface area contributed by atoms with Gasteiger partial charge in [-0.2, -0.15) is 0 Å². The predicted molar refractivity (Wildman–Crippen MR) is 85.6 cm³/mol. The van der Waals surface area contributed by atoms with Crippen molar-refractivity contribution in [1.29, 1.82) is 0 Å². The van der Waals surface area contributed by atoms with Crippen molar-refractivity contribution in [3.05, 3.63) is 51.6 Å². The number of hydrogen-bond donors (Lipinski definition) is 2. The van der Waals surface area contributed by atoms with Gasteiger partial charge in [0, 0.05) is 14.9 Å². The third kappa shape index (κ3) is 3.19. The number of nitrogens with two attached hydrogens (primary N) is 1. The molecule has 0 heterocycles. The van der Waals surface area contributed by atoms with Crippen LogP contribution in [0.1, 0.15) is 5.56 Å². The van der Waals surface area contributed by atoms with Gasteiger partial charge in [0.1, 0.15) is 0 Å². The zero-order valence-corrected chi connectivity index (χ0v) is 13.2. The second-order valence-corrected chi connectivity index (χ2v) is 6.98. The minimum absolute atomic E-state index is 0.200. The van der Waals surface area contributed by atoms with Crippen LogP contribution in [0.25, 0.3) is 0 Å². The fourth-order valence-corrected chi connectivity index (χ4v) is 3.55. The second kappa shape index (κ2) is 5.38. The van der Waals surface area contributed by atoms with Gasteiger partial charge in [0.15, 0.2) is 0 Å². The number of sulfonamides is 1. The zero-order chi connectivity index (χ0) is 14.0. The Labute approximate surface area is 126 Å². The third-order valence-corrected chi connectivity index (χ3v) is 4.89. The van der Waals surface area contributed by atoms with Gasteiger partial charge >= 0.3 is 0 Å². The van der Waals surface area contributed by atoms with E-state index >= 15 is 0 Å². The van der Waals surface area contributed by atoms with Gasteiger partial charge in [0.05, 0.1) is 4.90 Å². The Morgan fingerprint density at radius 2 is 1.84 bits per heavy atom. The molecule has 2 aromatic carbocycles. The Balaban J connectivity index is 2.41.